The maximum atomic E-state index is 14.5. The smallest absolute Gasteiger partial charge is 0.322 e. The summed E-state index contributed by atoms with van der Waals surface area (Å²) in [5, 5.41) is 14.9. The number of pyridine rings is 1. The van der Waals surface area contributed by atoms with Crippen molar-refractivity contribution in [3.63, 3.8) is 0 Å². The van der Waals surface area contributed by atoms with Gasteiger partial charge in [0.25, 0.3) is 11.5 Å². The Morgan fingerprint density at radius 3 is 2.31 bits per heavy atom. The quantitative estimate of drug-likeness (QED) is 0.200. The number of nitrogens with zero attached hydrogens (tertiary/aromatic N) is 2. The van der Waals surface area contributed by atoms with Crippen LogP contribution < -0.4 is 16.6 Å². The Morgan fingerprint density at radius 2 is 1.74 bits per heavy atom. The minimum atomic E-state index is -1.26. The van der Waals surface area contributed by atoms with E-state index in [1.165, 1.54) is 11.3 Å². The van der Waals surface area contributed by atoms with Crippen LogP contribution in [0, 0.1) is 5.92 Å². The molecule has 4 N–H and O–H groups in total. The van der Waals surface area contributed by atoms with Gasteiger partial charge in [-0.3, -0.25) is 19.0 Å². The minimum Gasteiger partial charge on any atom is -0.480 e. The molecule has 2 aromatic heterocycles. The fourth-order valence-corrected chi connectivity index (χ4v) is 5.83. The van der Waals surface area contributed by atoms with E-state index in [1.807, 2.05) is 63.4 Å². The molecule has 1 atom stereocenters. The largest absolute Gasteiger partial charge is 0.480 e. The number of carbonyl (C=O) groups excluding carboxylic acids is 1. The maximum absolute atomic E-state index is 14.5. The van der Waals surface area contributed by atoms with Gasteiger partial charge in [-0.15, -0.1) is 11.3 Å². The fourth-order valence-electron chi connectivity index (χ4n) is 4.87. The van der Waals surface area contributed by atoms with Crippen molar-refractivity contribution in [3.05, 3.63) is 91.7 Å². The Bertz CT molecular complexity index is 1640. The summed E-state index contributed by atoms with van der Waals surface area (Å²) in [6.45, 7) is 7.87. The van der Waals surface area contributed by atoms with E-state index in [1.54, 1.807) is 22.8 Å². The van der Waals surface area contributed by atoms with Crippen LogP contribution in [0.1, 0.15) is 54.9 Å². The third kappa shape index (κ3) is 6.64. The van der Waals surface area contributed by atoms with E-state index in [0.29, 0.717) is 40.7 Å². The normalized spacial score (nSPS) is 12.0. The highest BCUT2D eigenvalue weighted by Crippen LogP contribution is 2.31. The number of carboxylic acids is 1. The van der Waals surface area contributed by atoms with Gasteiger partial charge in [0.15, 0.2) is 0 Å². The number of para-hydroxylation sites is 1. The highest BCUT2D eigenvalue weighted by Gasteiger charge is 2.26. The van der Waals surface area contributed by atoms with Crippen LogP contribution in [0.25, 0.3) is 27.5 Å². The molecule has 0 aliphatic rings. The molecular formula is C32H35ClN4O4S. The first-order valence-electron chi connectivity index (χ1n) is 13.9. The Hall–Kier alpha value is -3.79. The van der Waals surface area contributed by atoms with Gasteiger partial charge in [0, 0.05) is 28.2 Å². The second kappa shape index (κ2) is 13.5. The number of aryl methyl sites for hydroxylation is 2. The molecule has 0 aliphatic heterocycles. The molecule has 2 heterocycles. The second-order valence-electron chi connectivity index (χ2n) is 10.5. The van der Waals surface area contributed by atoms with Gasteiger partial charge in [0.2, 0.25) is 0 Å². The molecular weight excluding hydrogens is 572 g/mol. The van der Waals surface area contributed by atoms with Crippen molar-refractivity contribution in [2.45, 2.75) is 53.0 Å². The number of nitrogens with two attached hydrogens (primary N) is 1. The molecule has 0 bridgehead atoms. The molecule has 220 valence electrons. The molecule has 4 rings (SSSR count). The molecule has 0 saturated carbocycles. The molecule has 0 aliphatic carbocycles. The Labute approximate surface area is 254 Å². The van der Waals surface area contributed by atoms with Crippen LogP contribution in [-0.2, 0) is 24.1 Å². The van der Waals surface area contributed by atoms with Crippen molar-refractivity contribution in [1.29, 1.82) is 0 Å². The molecule has 10 heteroatoms. The number of carbonyl (C=O) groups is 2. The lowest BCUT2D eigenvalue weighted by Gasteiger charge is -2.24. The standard InChI is InChI=1S/C32H35ClN4O4S/c1-5-19-8-7-9-20(6-2)28(19)37-27(14-18(3)4)23(29(38)35-16-25(34)32(40)41)15-24(31(37)39)30-36-26(17-42-30)21-10-12-22(33)13-11-21/h7-13,15,17-18,25H,5-6,14,16,34H2,1-4H3,(H,35,38)(H,40,41)/t25-/m1/s1. The van der Waals surface area contributed by atoms with E-state index in [2.05, 4.69) is 5.32 Å². The van der Waals surface area contributed by atoms with Gasteiger partial charge < -0.3 is 16.2 Å². The highest BCUT2D eigenvalue weighted by molar-refractivity contribution is 7.13. The van der Waals surface area contributed by atoms with E-state index in [4.69, 9.17) is 22.3 Å². The zero-order valence-corrected chi connectivity index (χ0v) is 25.7. The predicted octanol–water partition coefficient (Wildman–Crippen LogP) is 5.75. The average molecular weight is 607 g/mol. The van der Waals surface area contributed by atoms with Crippen LogP contribution >= 0.6 is 22.9 Å². The van der Waals surface area contributed by atoms with Crippen LogP contribution in [0.15, 0.2) is 58.7 Å². The molecule has 0 fully saturated rings. The summed E-state index contributed by atoms with van der Waals surface area (Å²) in [7, 11) is 0. The number of rotatable bonds is 11. The lowest BCUT2D eigenvalue weighted by molar-refractivity contribution is -0.138. The Balaban J connectivity index is 2.01. The molecule has 4 aromatic rings. The van der Waals surface area contributed by atoms with E-state index in [-0.39, 0.29) is 29.1 Å². The van der Waals surface area contributed by atoms with Gasteiger partial charge in [-0.2, -0.15) is 0 Å². The van der Waals surface area contributed by atoms with Crippen molar-refractivity contribution in [3.8, 4) is 27.5 Å². The lowest BCUT2D eigenvalue weighted by Crippen LogP contribution is -2.43. The molecule has 42 heavy (non-hydrogen) atoms. The minimum absolute atomic E-state index is 0.115. The Kier molecular flexibility index (Phi) is 9.98. The molecule has 0 spiro atoms. The third-order valence-electron chi connectivity index (χ3n) is 7.01. The van der Waals surface area contributed by atoms with Crippen molar-refractivity contribution < 1.29 is 14.7 Å². The van der Waals surface area contributed by atoms with Crippen LogP contribution in [0.4, 0.5) is 0 Å². The summed E-state index contributed by atoms with van der Waals surface area (Å²) in [6.07, 6.45) is 1.82. The van der Waals surface area contributed by atoms with Crippen molar-refractivity contribution in [2.24, 2.45) is 11.7 Å². The van der Waals surface area contributed by atoms with Gasteiger partial charge in [0.1, 0.15) is 11.0 Å². The van der Waals surface area contributed by atoms with Crippen LogP contribution in [-0.4, -0.2) is 39.1 Å². The molecule has 2 aromatic carbocycles. The summed E-state index contributed by atoms with van der Waals surface area (Å²) < 4.78 is 1.68. The van der Waals surface area contributed by atoms with Crippen LogP contribution in [0.5, 0.6) is 0 Å². The van der Waals surface area contributed by atoms with Gasteiger partial charge in [-0.1, -0.05) is 69.6 Å². The summed E-state index contributed by atoms with van der Waals surface area (Å²) in [4.78, 5) is 44.3. The summed E-state index contributed by atoms with van der Waals surface area (Å²) >= 11 is 7.38. The summed E-state index contributed by atoms with van der Waals surface area (Å²) in [5.74, 6) is -1.60. The zero-order chi connectivity index (χ0) is 30.6. The number of thiazole rings is 1. The number of aliphatic carboxylic acids is 1. The predicted molar refractivity (Wildman–Crippen MR) is 169 cm³/mol. The fraction of sp³-hybridized carbons (Fsp3) is 0.312. The topological polar surface area (TPSA) is 127 Å². The summed E-state index contributed by atoms with van der Waals surface area (Å²) in [5.41, 5.74) is 10.8. The van der Waals surface area contributed by atoms with E-state index >= 15 is 0 Å². The van der Waals surface area contributed by atoms with Crippen LogP contribution in [0.3, 0.4) is 0 Å². The first-order chi connectivity index (χ1) is 20.0. The summed E-state index contributed by atoms with van der Waals surface area (Å²) in [6, 6.07) is 13.6. The SMILES string of the molecule is CCc1cccc(CC)c1-n1c(CC(C)C)c(C(=O)NC[C@@H](N)C(=O)O)cc(-c2nc(-c3ccc(Cl)cc3)cs2)c1=O. The van der Waals surface area contributed by atoms with E-state index in [0.717, 1.165) is 22.4 Å². The lowest BCUT2D eigenvalue weighted by atomic mass is 9.97. The number of hydrogen-bond acceptors (Lipinski definition) is 6. The number of halogens is 1. The number of aromatic nitrogens is 2. The van der Waals surface area contributed by atoms with E-state index < -0.39 is 17.9 Å². The highest BCUT2D eigenvalue weighted by atomic mass is 35.5. The van der Waals surface area contributed by atoms with Crippen LogP contribution in [0.2, 0.25) is 5.02 Å². The average Bonchev–Trinajstić information content (AvgIpc) is 3.45. The van der Waals surface area contributed by atoms with E-state index in [9.17, 15) is 19.5 Å². The molecule has 1 amide bonds. The van der Waals surface area contributed by atoms with Gasteiger partial charge >= 0.3 is 5.97 Å². The number of amides is 1. The molecule has 8 nitrogen and oxygen atoms in total. The molecule has 0 saturated heterocycles. The first-order valence-corrected chi connectivity index (χ1v) is 15.2. The number of carboxylic acid groups (broad SMARTS) is 1. The Morgan fingerprint density at radius 1 is 1.10 bits per heavy atom. The zero-order valence-electron chi connectivity index (χ0n) is 24.1. The van der Waals surface area contributed by atoms with Crippen molar-refractivity contribution in [1.82, 2.24) is 14.9 Å². The second-order valence-corrected chi connectivity index (χ2v) is 11.8. The van der Waals surface area contributed by atoms with Gasteiger partial charge in [-0.05, 0) is 54.5 Å². The number of nitrogens with one attached hydrogen (secondary N) is 1. The molecule has 0 unspecified atom stereocenters. The van der Waals surface area contributed by atoms with Gasteiger partial charge in [-0.25, -0.2) is 4.98 Å². The maximum Gasteiger partial charge on any atom is 0.322 e. The monoisotopic (exact) mass is 606 g/mol. The van der Waals surface area contributed by atoms with Crippen molar-refractivity contribution in [2.75, 3.05) is 6.54 Å². The third-order valence-corrected chi connectivity index (χ3v) is 8.14. The van der Waals surface area contributed by atoms with Gasteiger partial charge in [0.05, 0.1) is 22.5 Å². The number of benzene rings is 2. The number of hydrogen-bond donors (Lipinski definition) is 3. The van der Waals surface area contributed by atoms with Crippen molar-refractivity contribution >= 4 is 34.8 Å². The first kappa shape index (κ1) is 31.2. The molecule has 0 radical (unpaired) electrons.